The third-order valence-electron chi connectivity index (χ3n) is 5.00. The number of nitrogens with two attached hydrogens (primary N) is 1. The summed E-state index contributed by atoms with van der Waals surface area (Å²) in [5.41, 5.74) is 9.95. The molecule has 0 saturated carbocycles. The fourth-order valence-electron chi connectivity index (χ4n) is 3.58. The topological polar surface area (TPSA) is 102 Å². The molecule has 3 heterocycles. The molecule has 4 N–H and O–H groups in total. The van der Waals surface area contributed by atoms with Gasteiger partial charge in [0.05, 0.1) is 23.3 Å². The van der Waals surface area contributed by atoms with E-state index in [1.165, 1.54) is 0 Å². The molecule has 0 aliphatic carbocycles. The van der Waals surface area contributed by atoms with Gasteiger partial charge in [0.25, 0.3) is 0 Å². The maximum absolute atomic E-state index is 6.33. The highest BCUT2D eigenvalue weighted by atomic mass is 16.5. The Morgan fingerprint density at radius 1 is 1.11 bits per heavy atom. The van der Waals surface area contributed by atoms with Crippen LogP contribution in [0.15, 0.2) is 60.8 Å². The van der Waals surface area contributed by atoms with Gasteiger partial charge in [0.2, 0.25) is 0 Å². The molecule has 3 atom stereocenters. The molecule has 1 aliphatic heterocycles. The molecule has 142 valence electrons. The predicted molar refractivity (Wildman–Crippen MR) is 106 cm³/mol. The van der Waals surface area contributed by atoms with E-state index in [2.05, 4.69) is 15.2 Å². The third-order valence-corrected chi connectivity index (χ3v) is 5.00. The molecule has 4 aromatic rings. The number of hydrogen-bond acceptors (Lipinski definition) is 5. The predicted octanol–water partition coefficient (Wildman–Crippen LogP) is 3.19. The lowest BCUT2D eigenvalue weighted by molar-refractivity contribution is 0.00738. The molecule has 0 bridgehead atoms. The van der Waals surface area contributed by atoms with Crippen molar-refractivity contribution in [2.75, 3.05) is 6.61 Å². The minimum absolute atomic E-state index is 0.0169. The number of nitrogens with one attached hydrogen (secondary N) is 2. The number of aromatic amines is 2. The SMILES string of the molecule is NC1COC([C@@H](Oc2ccc(-c3ccn[nH]3)cc2)c2nc3ccccc3[nH]2)C1. The normalized spacial score (nSPS) is 20.5. The molecule has 1 fully saturated rings. The number of ether oxygens (including phenoxy) is 2. The second-order valence-electron chi connectivity index (χ2n) is 7.04. The van der Waals surface area contributed by atoms with E-state index in [1.807, 2.05) is 54.6 Å². The summed E-state index contributed by atoms with van der Waals surface area (Å²) in [7, 11) is 0. The maximum Gasteiger partial charge on any atom is 0.182 e. The van der Waals surface area contributed by atoms with Crippen molar-refractivity contribution in [3.63, 3.8) is 0 Å². The molecular formula is C21H21N5O2. The van der Waals surface area contributed by atoms with Crippen LogP contribution in [0.2, 0.25) is 0 Å². The molecule has 1 aliphatic rings. The summed E-state index contributed by atoms with van der Waals surface area (Å²) < 4.78 is 12.2. The Bertz CT molecular complexity index is 1030. The minimum atomic E-state index is -0.362. The fourth-order valence-corrected chi connectivity index (χ4v) is 3.58. The Morgan fingerprint density at radius 2 is 1.96 bits per heavy atom. The van der Waals surface area contributed by atoms with E-state index in [0.29, 0.717) is 6.61 Å². The van der Waals surface area contributed by atoms with E-state index in [9.17, 15) is 0 Å². The molecule has 0 radical (unpaired) electrons. The summed E-state index contributed by atoms with van der Waals surface area (Å²) in [6.07, 6.45) is 1.95. The van der Waals surface area contributed by atoms with Crippen LogP contribution in [0.4, 0.5) is 0 Å². The first kappa shape index (κ1) is 17.0. The van der Waals surface area contributed by atoms with Gasteiger partial charge in [0, 0.05) is 12.2 Å². The van der Waals surface area contributed by atoms with Crippen molar-refractivity contribution in [3.8, 4) is 17.0 Å². The van der Waals surface area contributed by atoms with Crippen molar-refractivity contribution < 1.29 is 9.47 Å². The summed E-state index contributed by atoms with van der Waals surface area (Å²) >= 11 is 0. The van der Waals surface area contributed by atoms with Crippen LogP contribution >= 0.6 is 0 Å². The highest BCUT2D eigenvalue weighted by molar-refractivity contribution is 5.74. The van der Waals surface area contributed by atoms with Crippen LogP contribution in [0.3, 0.4) is 0 Å². The maximum atomic E-state index is 6.33. The van der Waals surface area contributed by atoms with Gasteiger partial charge in [-0.25, -0.2) is 4.98 Å². The largest absolute Gasteiger partial charge is 0.480 e. The van der Waals surface area contributed by atoms with Crippen molar-refractivity contribution in [1.29, 1.82) is 0 Å². The fraction of sp³-hybridized carbons (Fsp3) is 0.238. The lowest BCUT2D eigenvalue weighted by Crippen LogP contribution is -2.26. The summed E-state index contributed by atoms with van der Waals surface area (Å²) in [5.74, 6) is 1.50. The monoisotopic (exact) mass is 375 g/mol. The zero-order valence-corrected chi connectivity index (χ0v) is 15.2. The van der Waals surface area contributed by atoms with Crippen molar-refractivity contribution in [2.24, 2.45) is 5.73 Å². The van der Waals surface area contributed by atoms with Gasteiger partial charge in [0.15, 0.2) is 11.9 Å². The summed E-state index contributed by atoms with van der Waals surface area (Å²) in [5, 5.41) is 6.96. The van der Waals surface area contributed by atoms with E-state index in [0.717, 1.165) is 40.3 Å². The van der Waals surface area contributed by atoms with Crippen molar-refractivity contribution in [1.82, 2.24) is 20.2 Å². The summed E-state index contributed by atoms with van der Waals surface area (Å²) in [6, 6.07) is 17.8. The number of para-hydroxylation sites is 2. The van der Waals surface area contributed by atoms with Crippen LogP contribution in [0.25, 0.3) is 22.3 Å². The third kappa shape index (κ3) is 3.26. The molecule has 7 nitrogen and oxygen atoms in total. The summed E-state index contributed by atoms with van der Waals surface area (Å²) in [4.78, 5) is 8.09. The highest BCUT2D eigenvalue weighted by Gasteiger charge is 2.35. The van der Waals surface area contributed by atoms with Gasteiger partial charge < -0.3 is 20.2 Å². The van der Waals surface area contributed by atoms with E-state index in [1.54, 1.807) is 6.20 Å². The van der Waals surface area contributed by atoms with Gasteiger partial charge in [-0.1, -0.05) is 12.1 Å². The number of imidazole rings is 1. The Balaban J connectivity index is 1.44. The van der Waals surface area contributed by atoms with Crippen LogP contribution in [0, 0.1) is 0 Å². The second kappa shape index (κ2) is 7.10. The van der Waals surface area contributed by atoms with Crippen molar-refractivity contribution in [3.05, 3.63) is 66.6 Å². The molecular weight excluding hydrogens is 354 g/mol. The lowest BCUT2D eigenvalue weighted by Gasteiger charge is -2.22. The first-order valence-corrected chi connectivity index (χ1v) is 9.34. The number of aromatic nitrogens is 4. The average Bonchev–Trinajstić information content (AvgIpc) is 3.47. The Morgan fingerprint density at radius 3 is 2.68 bits per heavy atom. The smallest absolute Gasteiger partial charge is 0.182 e. The van der Waals surface area contributed by atoms with Crippen LogP contribution in [-0.4, -0.2) is 38.9 Å². The van der Waals surface area contributed by atoms with Crippen molar-refractivity contribution >= 4 is 11.0 Å². The van der Waals surface area contributed by atoms with E-state index >= 15 is 0 Å². The number of rotatable bonds is 5. The molecule has 5 rings (SSSR count). The van der Waals surface area contributed by atoms with Gasteiger partial charge in [-0.05, 0) is 54.4 Å². The molecule has 0 amide bonds. The van der Waals surface area contributed by atoms with E-state index in [4.69, 9.17) is 20.2 Å². The second-order valence-corrected chi connectivity index (χ2v) is 7.04. The molecule has 2 aromatic carbocycles. The number of nitrogens with zero attached hydrogens (tertiary/aromatic N) is 2. The highest BCUT2D eigenvalue weighted by Crippen LogP contribution is 2.32. The average molecular weight is 375 g/mol. The van der Waals surface area contributed by atoms with E-state index in [-0.39, 0.29) is 18.2 Å². The number of hydrogen-bond donors (Lipinski definition) is 3. The van der Waals surface area contributed by atoms with Crippen LogP contribution in [0.1, 0.15) is 18.3 Å². The van der Waals surface area contributed by atoms with Gasteiger partial charge in [-0.3, -0.25) is 5.10 Å². The zero-order valence-electron chi connectivity index (χ0n) is 15.2. The Hall–Kier alpha value is -3.16. The molecule has 2 unspecified atom stereocenters. The van der Waals surface area contributed by atoms with Gasteiger partial charge >= 0.3 is 0 Å². The number of benzene rings is 2. The van der Waals surface area contributed by atoms with Gasteiger partial charge in [-0.15, -0.1) is 0 Å². The first-order chi connectivity index (χ1) is 13.8. The zero-order chi connectivity index (χ0) is 18.9. The quantitative estimate of drug-likeness (QED) is 0.497. The molecule has 7 heteroatoms. The molecule has 0 spiro atoms. The standard InChI is InChI=1S/C21H21N5O2/c22-14-11-19(27-12-14)20(21-24-17-3-1-2-4-18(17)25-21)28-15-7-5-13(6-8-15)16-9-10-23-26-16/h1-10,14,19-20H,11-12,22H2,(H,23,26)(H,24,25)/t14?,19?,20-/m1/s1. The van der Waals surface area contributed by atoms with Gasteiger partial charge in [0.1, 0.15) is 11.9 Å². The van der Waals surface area contributed by atoms with Crippen LogP contribution in [-0.2, 0) is 4.74 Å². The number of fused-ring (bicyclic) bond motifs is 1. The van der Waals surface area contributed by atoms with Crippen LogP contribution < -0.4 is 10.5 Å². The Labute approximate surface area is 161 Å². The summed E-state index contributed by atoms with van der Waals surface area (Å²) in [6.45, 7) is 0.531. The van der Waals surface area contributed by atoms with Crippen molar-refractivity contribution in [2.45, 2.75) is 24.7 Å². The minimum Gasteiger partial charge on any atom is -0.480 e. The molecule has 1 saturated heterocycles. The molecule has 28 heavy (non-hydrogen) atoms. The van der Waals surface area contributed by atoms with Crippen LogP contribution in [0.5, 0.6) is 5.75 Å². The lowest BCUT2D eigenvalue weighted by atomic mass is 10.1. The first-order valence-electron chi connectivity index (χ1n) is 9.34. The van der Waals surface area contributed by atoms with Gasteiger partial charge in [-0.2, -0.15) is 5.10 Å². The Kier molecular flexibility index (Phi) is 4.31. The number of H-pyrrole nitrogens is 2. The molecule has 2 aromatic heterocycles. The van der Waals surface area contributed by atoms with E-state index < -0.39 is 0 Å².